The Balaban J connectivity index is 1.96. The van der Waals surface area contributed by atoms with Crippen LogP contribution in [0.1, 0.15) is 45.2 Å². The molecule has 164 valence electrons. The predicted molar refractivity (Wildman–Crippen MR) is 115 cm³/mol. The quantitative estimate of drug-likeness (QED) is 0.546. The summed E-state index contributed by atoms with van der Waals surface area (Å²) in [6.45, 7) is 7.75. The van der Waals surface area contributed by atoms with Gasteiger partial charge in [0.25, 0.3) is 0 Å². The topological polar surface area (TPSA) is 85.2 Å². The number of hydrogen-bond acceptors (Lipinski definition) is 6. The Labute approximate surface area is 178 Å². The number of benzene rings is 2. The third-order valence-corrected chi connectivity index (χ3v) is 4.99. The molecule has 6 nitrogen and oxygen atoms in total. The van der Waals surface area contributed by atoms with Gasteiger partial charge in [0.05, 0.1) is 6.10 Å². The molecule has 0 saturated heterocycles. The van der Waals surface area contributed by atoms with Crippen LogP contribution in [0.5, 0.6) is 11.5 Å². The van der Waals surface area contributed by atoms with Crippen molar-refractivity contribution in [2.45, 2.75) is 51.7 Å². The van der Waals surface area contributed by atoms with Gasteiger partial charge < -0.3 is 24.4 Å². The summed E-state index contributed by atoms with van der Waals surface area (Å²) >= 11 is 0. The Morgan fingerprint density at radius 1 is 0.833 bits per heavy atom. The average molecular weight is 417 g/mol. The van der Waals surface area contributed by atoms with Gasteiger partial charge >= 0.3 is 5.97 Å². The van der Waals surface area contributed by atoms with Gasteiger partial charge in [-0.3, -0.25) is 4.79 Å². The second-order valence-corrected chi connectivity index (χ2v) is 7.81. The van der Waals surface area contributed by atoms with Crippen LogP contribution < -0.4 is 9.47 Å². The fraction of sp³-hybridized carbons (Fsp3) is 0.458. The monoisotopic (exact) mass is 416 g/mol. The van der Waals surface area contributed by atoms with Crippen LogP contribution in [-0.4, -0.2) is 48.2 Å². The molecule has 0 heterocycles. The van der Waals surface area contributed by atoms with Gasteiger partial charge in [0.1, 0.15) is 37.4 Å². The van der Waals surface area contributed by atoms with E-state index in [-0.39, 0.29) is 25.2 Å². The Kier molecular flexibility index (Phi) is 8.69. The van der Waals surface area contributed by atoms with Crippen molar-refractivity contribution in [3.8, 4) is 11.5 Å². The van der Waals surface area contributed by atoms with Crippen molar-refractivity contribution in [2.75, 3.05) is 19.8 Å². The van der Waals surface area contributed by atoms with Crippen molar-refractivity contribution in [2.24, 2.45) is 0 Å². The van der Waals surface area contributed by atoms with E-state index in [1.54, 1.807) is 0 Å². The maximum absolute atomic E-state index is 10.8. The van der Waals surface area contributed by atoms with E-state index in [1.807, 2.05) is 55.5 Å². The van der Waals surface area contributed by atoms with Gasteiger partial charge in [-0.1, -0.05) is 45.0 Å². The van der Waals surface area contributed by atoms with E-state index in [4.69, 9.17) is 14.2 Å². The molecule has 0 bridgehead atoms. The molecule has 30 heavy (non-hydrogen) atoms. The number of esters is 1. The number of aliphatic hydroxyl groups excluding tert-OH is 2. The lowest BCUT2D eigenvalue weighted by Crippen LogP contribution is -2.24. The lowest BCUT2D eigenvalue weighted by Gasteiger charge is -2.26. The summed E-state index contributed by atoms with van der Waals surface area (Å²) in [6, 6.07) is 15.6. The molecule has 0 aliphatic rings. The van der Waals surface area contributed by atoms with Crippen LogP contribution in [0.25, 0.3) is 0 Å². The van der Waals surface area contributed by atoms with Gasteiger partial charge in [-0.25, -0.2) is 0 Å². The van der Waals surface area contributed by atoms with E-state index in [1.165, 1.54) is 6.92 Å². The molecular formula is C24H32O6. The smallest absolute Gasteiger partial charge is 0.302 e. The molecule has 2 rings (SSSR count). The zero-order valence-electron chi connectivity index (χ0n) is 18.1. The Hall–Kier alpha value is -2.57. The highest BCUT2D eigenvalue weighted by atomic mass is 16.5. The number of rotatable bonds is 11. The van der Waals surface area contributed by atoms with E-state index >= 15 is 0 Å². The van der Waals surface area contributed by atoms with Gasteiger partial charge in [-0.05, 0) is 41.8 Å². The first-order valence-corrected chi connectivity index (χ1v) is 10.2. The summed E-state index contributed by atoms with van der Waals surface area (Å²) in [5.74, 6) is 0.937. The standard InChI is InChI=1S/C24H32O6/c1-5-20(26)14-29-22-10-6-18(7-11-22)24(3,4)19-8-12-23(13-9-19)30-16-21(27)15-28-17(2)25/h6-13,20-21,26-27H,5,14-16H2,1-4H3/t20-,21+/m0/s1. The normalized spacial score (nSPS) is 13.4. The number of ether oxygens (including phenoxy) is 3. The van der Waals surface area contributed by atoms with Crippen molar-refractivity contribution in [3.63, 3.8) is 0 Å². The van der Waals surface area contributed by atoms with E-state index in [0.717, 1.165) is 16.9 Å². The van der Waals surface area contributed by atoms with Crippen LogP contribution >= 0.6 is 0 Å². The lowest BCUT2D eigenvalue weighted by molar-refractivity contribution is -0.144. The molecule has 2 atom stereocenters. The molecule has 0 aliphatic carbocycles. The molecule has 0 amide bonds. The highest BCUT2D eigenvalue weighted by Gasteiger charge is 2.23. The van der Waals surface area contributed by atoms with Gasteiger partial charge in [0, 0.05) is 12.3 Å². The summed E-state index contributed by atoms with van der Waals surface area (Å²) in [4.78, 5) is 10.8. The van der Waals surface area contributed by atoms with Gasteiger partial charge in [0.15, 0.2) is 0 Å². The summed E-state index contributed by atoms with van der Waals surface area (Å²) in [5, 5.41) is 19.4. The first kappa shape index (κ1) is 23.7. The fourth-order valence-electron chi connectivity index (χ4n) is 2.87. The predicted octanol–water partition coefficient (Wildman–Crippen LogP) is 3.47. The van der Waals surface area contributed by atoms with Crippen LogP contribution in [0, 0.1) is 0 Å². The van der Waals surface area contributed by atoms with Crippen LogP contribution in [0.4, 0.5) is 0 Å². The molecule has 2 N–H and O–H groups in total. The summed E-state index contributed by atoms with van der Waals surface area (Å²) < 4.78 is 15.9. The summed E-state index contributed by atoms with van der Waals surface area (Å²) in [6.07, 6.45) is -0.662. The van der Waals surface area contributed by atoms with E-state index in [2.05, 4.69) is 13.8 Å². The minimum Gasteiger partial charge on any atom is -0.491 e. The fourth-order valence-corrected chi connectivity index (χ4v) is 2.87. The van der Waals surface area contributed by atoms with Crippen molar-refractivity contribution in [3.05, 3.63) is 59.7 Å². The third-order valence-electron chi connectivity index (χ3n) is 4.99. The number of aliphatic hydroxyl groups is 2. The van der Waals surface area contributed by atoms with Gasteiger partial charge in [0.2, 0.25) is 0 Å². The minimum absolute atomic E-state index is 0.0458. The molecule has 2 aromatic carbocycles. The van der Waals surface area contributed by atoms with Crippen molar-refractivity contribution >= 4 is 5.97 Å². The number of carbonyl (C=O) groups excluding carboxylic acids is 1. The van der Waals surface area contributed by atoms with Crippen LogP contribution in [0.3, 0.4) is 0 Å². The van der Waals surface area contributed by atoms with Crippen LogP contribution in [-0.2, 0) is 14.9 Å². The summed E-state index contributed by atoms with van der Waals surface area (Å²) in [5.41, 5.74) is 2.02. The van der Waals surface area contributed by atoms with E-state index in [9.17, 15) is 15.0 Å². The van der Waals surface area contributed by atoms with Crippen LogP contribution in [0.2, 0.25) is 0 Å². The molecule has 0 radical (unpaired) electrons. The summed E-state index contributed by atoms with van der Waals surface area (Å²) in [7, 11) is 0. The first-order chi connectivity index (χ1) is 14.2. The Morgan fingerprint density at radius 3 is 1.67 bits per heavy atom. The zero-order valence-corrected chi connectivity index (χ0v) is 18.1. The third kappa shape index (κ3) is 7.04. The number of carbonyl (C=O) groups is 1. The first-order valence-electron chi connectivity index (χ1n) is 10.2. The second kappa shape index (κ2) is 11.0. The van der Waals surface area contributed by atoms with E-state index in [0.29, 0.717) is 12.2 Å². The maximum atomic E-state index is 10.8. The zero-order chi connectivity index (χ0) is 22.1. The average Bonchev–Trinajstić information content (AvgIpc) is 2.75. The number of hydrogen-bond donors (Lipinski definition) is 2. The highest BCUT2D eigenvalue weighted by molar-refractivity contribution is 5.65. The second-order valence-electron chi connectivity index (χ2n) is 7.81. The van der Waals surface area contributed by atoms with E-state index < -0.39 is 18.2 Å². The van der Waals surface area contributed by atoms with Crippen molar-refractivity contribution in [1.29, 1.82) is 0 Å². The van der Waals surface area contributed by atoms with Crippen LogP contribution in [0.15, 0.2) is 48.5 Å². The Morgan fingerprint density at radius 2 is 1.27 bits per heavy atom. The molecule has 0 unspecified atom stereocenters. The molecule has 6 heteroatoms. The van der Waals surface area contributed by atoms with Crippen molar-refractivity contribution in [1.82, 2.24) is 0 Å². The van der Waals surface area contributed by atoms with Gasteiger partial charge in [-0.15, -0.1) is 0 Å². The molecule has 0 fully saturated rings. The minimum atomic E-state index is -0.871. The Bertz CT molecular complexity index is 782. The van der Waals surface area contributed by atoms with Gasteiger partial charge in [-0.2, -0.15) is 0 Å². The molecular weight excluding hydrogens is 384 g/mol. The highest BCUT2D eigenvalue weighted by Crippen LogP contribution is 2.33. The molecule has 2 aromatic rings. The molecule has 0 spiro atoms. The molecule has 0 saturated carbocycles. The molecule has 0 aromatic heterocycles. The lowest BCUT2D eigenvalue weighted by atomic mass is 9.78. The van der Waals surface area contributed by atoms with Crippen molar-refractivity contribution < 1.29 is 29.2 Å². The maximum Gasteiger partial charge on any atom is 0.302 e. The SMILES string of the molecule is CC[C@H](O)COc1ccc(C(C)(C)c2ccc(OC[C@H](O)COC(C)=O)cc2)cc1. The largest absolute Gasteiger partial charge is 0.491 e. The molecule has 0 aliphatic heterocycles.